The van der Waals surface area contributed by atoms with Crippen LogP contribution < -0.4 is 5.48 Å². The van der Waals surface area contributed by atoms with Gasteiger partial charge in [-0.1, -0.05) is 30.3 Å². The first-order chi connectivity index (χ1) is 8.79. The average Bonchev–Trinajstić information content (AvgIpc) is 2.84. The predicted molar refractivity (Wildman–Crippen MR) is 68.9 cm³/mol. The fourth-order valence-corrected chi connectivity index (χ4v) is 1.70. The topological polar surface area (TPSA) is 54.3 Å². The van der Waals surface area contributed by atoms with Gasteiger partial charge in [-0.2, -0.15) is 0 Å². The van der Waals surface area contributed by atoms with Crippen molar-refractivity contribution in [3.8, 4) is 0 Å². The van der Waals surface area contributed by atoms with E-state index in [1.165, 1.54) is 11.6 Å². The largest absolute Gasteiger partial charge is 0.344 e. The number of rotatable bonds is 4. The van der Waals surface area contributed by atoms with E-state index >= 15 is 0 Å². The van der Waals surface area contributed by atoms with Crippen molar-refractivity contribution in [1.82, 2.24) is 10.0 Å². The molecule has 0 spiro atoms. The summed E-state index contributed by atoms with van der Waals surface area (Å²) in [6.07, 6.45) is 4.90. The Morgan fingerprint density at radius 1 is 1.22 bits per heavy atom. The highest BCUT2D eigenvalue weighted by atomic mass is 16.5. The van der Waals surface area contributed by atoms with Crippen LogP contribution in [0.5, 0.6) is 0 Å². The Kier molecular flexibility index (Phi) is 3.94. The first kappa shape index (κ1) is 12.1. The number of carbonyl (C=O) groups is 1. The second-order valence-corrected chi connectivity index (χ2v) is 3.86. The fraction of sp³-hybridized carbons (Fsp3) is 0.0714. The van der Waals surface area contributed by atoms with Crippen molar-refractivity contribution in [2.75, 3.05) is 0 Å². The SMILES string of the molecule is O=C(/C=C/c1cccn1Cc1ccccc1)NO. The highest BCUT2D eigenvalue weighted by Gasteiger charge is 1.99. The van der Waals surface area contributed by atoms with Crippen LogP contribution in [-0.4, -0.2) is 15.7 Å². The van der Waals surface area contributed by atoms with Crippen LogP contribution in [0.1, 0.15) is 11.3 Å². The molecule has 0 saturated heterocycles. The number of hydroxylamine groups is 1. The summed E-state index contributed by atoms with van der Waals surface area (Å²) < 4.78 is 2.02. The van der Waals surface area contributed by atoms with Crippen molar-refractivity contribution < 1.29 is 10.0 Å². The number of amides is 1. The quantitative estimate of drug-likeness (QED) is 0.490. The van der Waals surface area contributed by atoms with Crippen LogP contribution in [0.4, 0.5) is 0 Å². The minimum atomic E-state index is -0.539. The van der Waals surface area contributed by atoms with Crippen molar-refractivity contribution in [2.45, 2.75) is 6.54 Å². The van der Waals surface area contributed by atoms with Crippen molar-refractivity contribution >= 4 is 12.0 Å². The molecular formula is C14H14N2O2. The molecule has 2 rings (SSSR count). The number of nitrogens with zero attached hydrogens (tertiary/aromatic N) is 1. The van der Waals surface area contributed by atoms with Gasteiger partial charge in [-0.25, -0.2) is 5.48 Å². The number of carbonyl (C=O) groups excluding carboxylic acids is 1. The summed E-state index contributed by atoms with van der Waals surface area (Å²) in [5.41, 5.74) is 3.66. The summed E-state index contributed by atoms with van der Waals surface area (Å²) in [5, 5.41) is 8.41. The molecule has 0 aliphatic heterocycles. The van der Waals surface area contributed by atoms with E-state index in [0.717, 1.165) is 12.2 Å². The van der Waals surface area contributed by atoms with Gasteiger partial charge in [0.25, 0.3) is 5.91 Å². The van der Waals surface area contributed by atoms with Crippen molar-refractivity contribution in [3.63, 3.8) is 0 Å². The number of aromatic nitrogens is 1. The molecule has 0 aliphatic carbocycles. The zero-order chi connectivity index (χ0) is 12.8. The van der Waals surface area contributed by atoms with Gasteiger partial charge in [-0.15, -0.1) is 0 Å². The maximum Gasteiger partial charge on any atom is 0.267 e. The number of hydrogen-bond acceptors (Lipinski definition) is 2. The number of benzene rings is 1. The van der Waals surface area contributed by atoms with Crippen molar-refractivity contribution in [1.29, 1.82) is 0 Å². The van der Waals surface area contributed by atoms with Crippen LogP contribution in [0.15, 0.2) is 54.7 Å². The molecule has 2 aromatic rings. The molecule has 1 heterocycles. The molecule has 0 atom stereocenters. The van der Waals surface area contributed by atoms with E-state index in [4.69, 9.17) is 5.21 Å². The van der Waals surface area contributed by atoms with Crippen LogP contribution in [0.2, 0.25) is 0 Å². The standard InChI is InChI=1S/C14H14N2O2/c17-14(15-18)9-8-13-7-4-10-16(13)11-12-5-2-1-3-6-12/h1-10,18H,11H2,(H,15,17)/b9-8+. The van der Waals surface area contributed by atoms with Crippen LogP contribution in [0, 0.1) is 0 Å². The van der Waals surface area contributed by atoms with E-state index in [1.54, 1.807) is 11.6 Å². The lowest BCUT2D eigenvalue weighted by atomic mass is 10.2. The molecule has 18 heavy (non-hydrogen) atoms. The third kappa shape index (κ3) is 3.09. The van der Waals surface area contributed by atoms with Crippen LogP contribution in [0.3, 0.4) is 0 Å². The lowest BCUT2D eigenvalue weighted by Gasteiger charge is -2.06. The van der Waals surface area contributed by atoms with E-state index in [1.807, 2.05) is 53.2 Å². The van der Waals surface area contributed by atoms with Crippen LogP contribution in [-0.2, 0) is 11.3 Å². The Labute approximate surface area is 105 Å². The molecule has 0 bridgehead atoms. The summed E-state index contributed by atoms with van der Waals surface area (Å²) >= 11 is 0. The maximum absolute atomic E-state index is 10.9. The summed E-state index contributed by atoms with van der Waals surface area (Å²) in [6, 6.07) is 13.9. The van der Waals surface area contributed by atoms with Gasteiger partial charge in [0, 0.05) is 24.5 Å². The Hall–Kier alpha value is -2.33. The summed E-state index contributed by atoms with van der Waals surface area (Å²) in [7, 11) is 0. The van der Waals surface area contributed by atoms with Gasteiger partial charge in [-0.3, -0.25) is 10.0 Å². The monoisotopic (exact) mass is 242 g/mol. The molecule has 1 aromatic heterocycles. The minimum Gasteiger partial charge on any atom is -0.344 e. The molecule has 4 heteroatoms. The van der Waals surface area contributed by atoms with Crippen molar-refractivity contribution in [3.05, 3.63) is 66.0 Å². The zero-order valence-corrected chi connectivity index (χ0v) is 9.78. The summed E-state index contributed by atoms with van der Waals surface area (Å²) in [4.78, 5) is 10.9. The van der Waals surface area contributed by atoms with Crippen LogP contribution >= 0.6 is 0 Å². The van der Waals surface area contributed by atoms with Gasteiger partial charge in [0.05, 0.1) is 0 Å². The first-order valence-corrected chi connectivity index (χ1v) is 5.61. The zero-order valence-electron chi connectivity index (χ0n) is 9.78. The second kappa shape index (κ2) is 5.84. The van der Waals surface area contributed by atoms with E-state index < -0.39 is 5.91 Å². The van der Waals surface area contributed by atoms with E-state index in [-0.39, 0.29) is 0 Å². The van der Waals surface area contributed by atoms with Gasteiger partial charge < -0.3 is 4.57 Å². The van der Waals surface area contributed by atoms with Crippen molar-refractivity contribution in [2.24, 2.45) is 0 Å². The number of hydrogen-bond donors (Lipinski definition) is 2. The van der Waals surface area contributed by atoms with Gasteiger partial charge in [0.2, 0.25) is 0 Å². The molecule has 4 nitrogen and oxygen atoms in total. The first-order valence-electron chi connectivity index (χ1n) is 5.61. The fourth-order valence-electron chi connectivity index (χ4n) is 1.70. The van der Waals surface area contributed by atoms with Gasteiger partial charge in [-0.05, 0) is 23.8 Å². The average molecular weight is 242 g/mol. The summed E-state index contributed by atoms with van der Waals surface area (Å²) in [5.74, 6) is -0.539. The van der Waals surface area contributed by atoms with E-state index in [9.17, 15) is 4.79 Å². The Bertz CT molecular complexity index is 544. The van der Waals surface area contributed by atoms with E-state index in [0.29, 0.717) is 0 Å². The molecule has 0 aliphatic rings. The Balaban J connectivity index is 2.13. The molecule has 0 unspecified atom stereocenters. The van der Waals surface area contributed by atoms with Gasteiger partial charge in [0.15, 0.2) is 0 Å². The Morgan fingerprint density at radius 3 is 2.72 bits per heavy atom. The van der Waals surface area contributed by atoms with Gasteiger partial charge in [0.1, 0.15) is 0 Å². The normalized spacial score (nSPS) is 10.7. The lowest BCUT2D eigenvalue weighted by Crippen LogP contribution is -2.15. The third-order valence-corrected chi connectivity index (χ3v) is 2.58. The molecule has 0 radical (unpaired) electrons. The second-order valence-electron chi connectivity index (χ2n) is 3.86. The smallest absolute Gasteiger partial charge is 0.267 e. The molecule has 1 aromatic carbocycles. The van der Waals surface area contributed by atoms with Crippen LogP contribution in [0.25, 0.3) is 6.08 Å². The highest BCUT2D eigenvalue weighted by molar-refractivity contribution is 5.90. The highest BCUT2D eigenvalue weighted by Crippen LogP contribution is 2.09. The lowest BCUT2D eigenvalue weighted by molar-refractivity contribution is -0.124. The van der Waals surface area contributed by atoms with E-state index in [2.05, 4.69) is 0 Å². The molecule has 0 fully saturated rings. The Morgan fingerprint density at radius 2 is 2.00 bits per heavy atom. The minimum absolute atomic E-state index is 0.539. The molecule has 2 N–H and O–H groups in total. The molecule has 92 valence electrons. The van der Waals surface area contributed by atoms with Gasteiger partial charge >= 0.3 is 0 Å². The molecule has 0 saturated carbocycles. The third-order valence-electron chi connectivity index (χ3n) is 2.58. The molecule has 1 amide bonds. The summed E-state index contributed by atoms with van der Waals surface area (Å²) in [6.45, 7) is 0.744. The predicted octanol–water partition coefficient (Wildman–Crippen LogP) is 2.06. The number of nitrogens with one attached hydrogen (secondary N) is 1. The maximum atomic E-state index is 10.9. The molecular weight excluding hydrogens is 228 g/mol.